The molecule has 0 saturated carbocycles. The Kier molecular flexibility index (Phi) is 4.72. The molecule has 2 atom stereocenters. The Balaban J connectivity index is 2.74. The van der Waals surface area contributed by atoms with Crippen molar-refractivity contribution in [1.29, 1.82) is 0 Å². The minimum atomic E-state index is 0.0996. The molecular weight excluding hydrogens is 208 g/mol. The van der Waals surface area contributed by atoms with Crippen LogP contribution in [-0.2, 0) is 5.41 Å². The molecule has 0 aromatic heterocycles. The Hall–Kier alpha value is -0.860. The minimum absolute atomic E-state index is 0.0996. The van der Waals surface area contributed by atoms with Gasteiger partial charge in [-0.2, -0.15) is 0 Å². The molecule has 2 heteroatoms. The lowest BCUT2D eigenvalue weighted by molar-refractivity contribution is 0.482. The average molecular weight is 234 g/mol. The maximum Gasteiger partial charge on any atom is 0.0297 e. The molecule has 17 heavy (non-hydrogen) atoms. The first kappa shape index (κ1) is 14.2. The van der Waals surface area contributed by atoms with Crippen molar-refractivity contribution in [2.45, 2.75) is 45.6 Å². The predicted octanol–water partition coefficient (Wildman–Crippen LogP) is 2.97. The summed E-state index contributed by atoms with van der Waals surface area (Å²) < 4.78 is 0. The molecule has 0 aliphatic carbocycles. The van der Waals surface area contributed by atoms with E-state index in [0.29, 0.717) is 12.5 Å². The average Bonchev–Trinajstić information content (AvgIpc) is 2.27. The van der Waals surface area contributed by atoms with Crippen LogP contribution in [0.2, 0.25) is 0 Å². The summed E-state index contributed by atoms with van der Waals surface area (Å²) in [5, 5.41) is 0. The van der Waals surface area contributed by atoms with Gasteiger partial charge in [0.05, 0.1) is 0 Å². The van der Waals surface area contributed by atoms with Crippen LogP contribution < -0.4 is 11.5 Å². The van der Waals surface area contributed by atoms with E-state index >= 15 is 0 Å². The van der Waals surface area contributed by atoms with Crippen LogP contribution in [0.3, 0.4) is 0 Å². The van der Waals surface area contributed by atoms with Gasteiger partial charge in [0.2, 0.25) is 0 Å². The summed E-state index contributed by atoms with van der Waals surface area (Å²) in [6, 6.07) is 8.76. The van der Waals surface area contributed by atoms with E-state index in [4.69, 9.17) is 11.5 Å². The molecular formula is C15H26N2. The Morgan fingerprint density at radius 1 is 1.12 bits per heavy atom. The van der Waals surface area contributed by atoms with E-state index in [0.717, 1.165) is 6.42 Å². The second kappa shape index (κ2) is 5.65. The molecule has 0 heterocycles. The molecule has 0 amide bonds. The summed E-state index contributed by atoms with van der Waals surface area (Å²) >= 11 is 0. The van der Waals surface area contributed by atoms with Gasteiger partial charge in [-0.25, -0.2) is 0 Å². The van der Waals surface area contributed by atoms with E-state index in [-0.39, 0.29) is 11.5 Å². The smallest absolute Gasteiger partial charge is 0.0297 e. The topological polar surface area (TPSA) is 52.0 Å². The first-order valence-electron chi connectivity index (χ1n) is 6.40. The van der Waals surface area contributed by atoms with E-state index in [9.17, 15) is 0 Å². The molecule has 0 radical (unpaired) electrons. The molecule has 0 aliphatic rings. The first-order chi connectivity index (χ1) is 7.84. The van der Waals surface area contributed by atoms with Gasteiger partial charge in [-0.1, -0.05) is 52.0 Å². The number of hydrogen-bond donors (Lipinski definition) is 2. The third kappa shape index (κ3) is 4.14. The van der Waals surface area contributed by atoms with Crippen LogP contribution in [-0.4, -0.2) is 6.54 Å². The number of benzene rings is 1. The van der Waals surface area contributed by atoms with E-state index in [1.807, 2.05) is 0 Å². The van der Waals surface area contributed by atoms with E-state index in [1.165, 1.54) is 11.1 Å². The Labute approximate surface area is 105 Å². The highest BCUT2D eigenvalue weighted by Gasteiger charge is 2.15. The molecule has 2 unspecified atom stereocenters. The Morgan fingerprint density at radius 2 is 1.65 bits per heavy atom. The maximum atomic E-state index is 6.18. The molecule has 1 aromatic carbocycles. The summed E-state index contributed by atoms with van der Waals surface area (Å²) in [4.78, 5) is 0. The van der Waals surface area contributed by atoms with E-state index < -0.39 is 0 Å². The zero-order valence-corrected chi connectivity index (χ0v) is 11.5. The van der Waals surface area contributed by atoms with Crippen molar-refractivity contribution < 1.29 is 0 Å². The van der Waals surface area contributed by atoms with Gasteiger partial charge in [-0.05, 0) is 35.4 Å². The third-order valence-electron chi connectivity index (χ3n) is 3.26. The largest absolute Gasteiger partial charge is 0.330 e. The predicted molar refractivity (Wildman–Crippen MR) is 74.9 cm³/mol. The van der Waals surface area contributed by atoms with E-state index in [1.54, 1.807) is 0 Å². The van der Waals surface area contributed by atoms with Crippen LogP contribution in [0.4, 0.5) is 0 Å². The van der Waals surface area contributed by atoms with Gasteiger partial charge in [0, 0.05) is 6.04 Å². The zero-order valence-electron chi connectivity index (χ0n) is 11.5. The van der Waals surface area contributed by atoms with Crippen molar-refractivity contribution in [2.24, 2.45) is 17.4 Å². The van der Waals surface area contributed by atoms with Gasteiger partial charge < -0.3 is 11.5 Å². The van der Waals surface area contributed by atoms with Gasteiger partial charge >= 0.3 is 0 Å². The van der Waals surface area contributed by atoms with Crippen LogP contribution in [0.15, 0.2) is 24.3 Å². The summed E-state index contributed by atoms with van der Waals surface area (Å²) in [6.45, 7) is 9.51. The lowest BCUT2D eigenvalue weighted by Crippen LogP contribution is -2.19. The van der Waals surface area contributed by atoms with Crippen LogP contribution in [0.5, 0.6) is 0 Å². The Morgan fingerprint density at radius 3 is 2.06 bits per heavy atom. The summed E-state index contributed by atoms with van der Waals surface area (Å²) in [6.07, 6.45) is 0.950. The summed E-state index contributed by atoms with van der Waals surface area (Å²) in [5.74, 6) is 0.479. The molecule has 1 aromatic rings. The molecule has 0 fully saturated rings. The van der Waals surface area contributed by atoms with Crippen LogP contribution in [0, 0.1) is 5.92 Å². The quantitative estimate of drug-likeness (QED) is 0.841. The van der Waals surface area contributed by atoms with Crippen molar-refractivity contribution in [3.05, 3.63) is 35.4 Å². The SMILES string of the molecule is CC(CN)CC(N)c1ccc(C(C)(C)C)cc1. The maximum absolute atomic E-state index is 6.18. The molecule has 1 rings (SSSR count). The third-order valence-corrected chi connectivity index (χ3v) is 3.26. The second-order valence-electron chi connectivity index (χ2n) is 6.06. The molecule has 0 aliphatic heterocycles. The molecule has 96 valence electrons. The van der Waals surface area contributed by atoms with Crippen molar-refractivity contribution in [3.63, 3.8) is 0 Å². The van der Waals surface area contributed by atoms with Gasteiger partial charge in [0.25, 0.3) is 0 Å². The van der Waals surface area contributed by atoms with Gasteiger partial charge in [0.15, 0.2) is 0 Å². The first-order valence-corrected chi connectivity index (χ1v) is 6.40. The molecule has 0 spiro atoms. The van der Waals surface area contributed by atoms with Gasteiger partial charge in [-0.3, -0.25) is 0 Å². The summed E-state index contributed by atoms with van der Waals surface area (Å²) in [5.41, 5.74) is 14.6. The highest BCUT2D eigenvalue weighted by atomic mass is 14.6. The van der Waals surface area contributed by atoms with Crippen LogP contribution in [0.25, 0.3) is 0 Å². The second-order valence-corrected chi connectivity index (χ2v) is 6.06. The fourth-order valence-corrected chi connectivity index (χ4v) is 1.90. The molecule has 0 saturated heterocycles. The Bertz CT molecular complexity index is 335. The number of hydrogen-bond acceptors (Lipinski definition) is 2. The molecule has 2 nitrogen and oxygen atoms in total. The fraction of sp³-hybridized carbons (Fsp3) is 0.600. The minimum Gasteiger partial charge on any atom is -0.330 e. The van der Waals surface area contributed by atoms with Crippen molar-refractivity contribution >= 4 is 0 Å². The van der Waals surface area contributed by atoms with Gasteiger partial charge in [-0.15, -0.1) is 0 Å². The monoisotopic (exact) mass is 234 g/mol. The van der Waals surface area contributed by atoms with Crippen molar-refractivity contribution in [3.8, 4) is 0 Å². The van der Waals surface area contributed by atoms with Crippen LogP contribution >= 0.6 is 0 Å². The highest BCUT2D eigenvalue weighted by Crippen LogP contribution is 2.25. The van der Waals surface area contributed by atoms with Crippen molar-refractivity contribution in [1.82, 2.24) is 0 Å². The lowest BCUT2D eigenvalue weighted by Gasteiger charge is -2.21. The zero-order chi connectivity index (χ0) is 13.1. The molecule has 0 bridgehead atoms. The van der Waals surface area contributed by atoms with E-state index in [2.05, 4.69) is 52.0 Å². The number of nitrogens with two attached hydrogens (primary N) is 2. The van der Waals surface area contributed by atoms with Crippen LogP contribution in [0.1, 0.15) is 51.3 Å². The fourth-order valence-electron chi connectivity index (χ4n) is 1.90. The molecule has 4 N–H and O–H groups in total. The van der Waals surface area contributed by atoms with Crippen molar-refractivity contribution in [2.75, 3.05) is 6.54 Å². The summed E-state index contributed by atoms with van der Waals surface area (Å²) in [7, 11) is 0. The lowest BCUT2D eigenvalue weighted by atomic mass is 9.86. The normalized spacial score (nSPS) is 15.6. The van der Waals surface area contributed by atoms with Gasteiger partial charge in [0.1, 0.15) is 0 Å². The standard InChI is InChI=1S/C15H26N2/c1-11(10-16)9-14(17)12-5-7-13(8-6-12)15(2,3)4/h5-8,11,14H,9-10,16-17H2,1-4H3. The number of rotatable bonds is 4. The highest BCUT2D eigenvalue weighted by molar-refractivity contribution is 5.29.